The Bertz CT molecular complexity index is 404. The first-order chi connectivity index (χ1) is 7.20. The monoisotopic (exact) mass is 208 g/mol. The van der Waals surface area contributed by atoms with Crippen LogP contribution < -0.4 is 4.73 Å². The summed E-state index contributed by atoms with van der Waals surface area (Å²) < 4.78 is 0.771. The maximum atomic E-state index is 11.5. The number of hydrogen-bond acceptors (Lipinski definition) is 3. The van der Waals surface area contributed by atoms with Crippen molar-refractivity contribution >= 4 is 5.69 Å². The fraction of sp³-hybridized carbons (Fsp3) is 0.500. The predicted octanol–water partition coefficient (Wildman–Crippen LogP) is 1.50. The summed E-state index contributed by atoms with van der Waals surface area (Å²) in [6.45, 7) is 0. The van der Waals surface area contributed by atoms with E-state index in [1.54, 1.807) is 0 Å². The van der Waals surface area contributed by atoms with Crippen LogP contribution in [0.2, 0.25) is 0 Å². The van der Waals surface area contributed by atoms with Crippen molar-refractivity contribution < 1.29 is 9.65 Å². The molecule has 5 heteroatoms. The Kier molecular flexibility index (Phi) is 2.53. The van der Waals surface area contributed by atoms with E-state index in [2.05, 4.69) is 0 Å². The van der Waals surface area contributed by atoms with Crippen molar-refractivity contribution in [3.8, 4) is 0 Å². The van der Waals surface area contributed by atoms with E-state index in [1.807, 2.05) is 0 Å². The molecule has 1 heterocycles. The molecular formula is C10H12N2O3. The molecule has 0 saturated heterocycles. The number of pyridine rings is 1. The molecule has 1 aromatic heterocycles. The third-order valence-electron chi connectivity index (χ3n) is 2.83. The summed E-state index contributed by atoms with van der Waals surface area (Å²) >= 11 is 0. The highest BCUT2D eigenvalue weighted by molar-refractivity contribution is 5.40. The molecule has 0 aromatic carbocycles. The Labute approximate surface area is 87.1 Å². The summed E-state index contributed by atoms with van der Waals surface area (Å²) in [5, 5.41) is 22.3. The Morgan fingerprint density at radius 1 is 1.27 bits per heavy atom. The summed E-state index contributed by atoms with van der Waals surface area (Å²) in [6, 6.07) is 1.30. The van der Waals surface area contributed by atoms with Crippen molar-refractivity contribution in [2.45, 2.75) is 32.1 Å². The van der Waals surface area contributed by atoms with E-state index < -0.39 is 4.92 Å². The second-order valence-electron chi connectivity index (χ2n) is 3.77. The highest BCUT2D eigenvalue weighted by Crippen LogP contribution is 2.25. The minimum atomic E-state index is -0.399. The molecule has 1 aromatic rings. The molecule has 0 amide bonds. The molecule has 2 rings (SSSR count). The number of nitrogens with zero attached hydrogens (tertiary/aromatic N) is 2. The van der Waals surface area contributed by atoms with Gasteiger partial charge in [-0.2, -0.15) is 4.73 Å². The maximum Gasteiger partial charge on any atom is 0.284 e. The van der Waals surface area contributed by atoms with Gasteiger partial charge in [0, 0.05) is 6.42 Å². The molecule has 5 nitrogen and oxygen atoms in total. The molecule has 80 valence electrons. The van der Waals surface area contributed by atoms with Crippen LogP contribution in [0.1, 0.15) is 30.5 Å². The van der Waals surface area contributed by atoms with E-state index in [4.69, 9.17) is 0 Å². The lowest BCUT2D eigenvalue weighted by Crippen LogP contribution is -2.32. The van der Waals surface area contributed by atoms with Gasteiger partial charge in [0.1, 0.15) is 0 Å². The van der Waals surface area contributed by atoms with Crippen LogP contribution in [0.4, 0.5) is 5.69 Å². The van der Waals surface area contributed by atoms with Crippen LogP contribution in [0.3, 0.4) is 0 Å². The van der Waals surface area contributed by atoms with Gasteiger partial charge in [0.25, 0.3) is 5.69 Å². The van der Waals surface area contributed by atoms with Crippen LogP contribution in [-0.4, -0.2) is 4.92 Å². The van der Waals surface area contributed by atoms with E-state index in [0.29, 0.717) is 24.1 Å². The standard InChI is InChI=1S/C10H12N2O3/c13-11-7-6-10(12(14)15)8-4-2-1-3-5-9(8)11/h6-7H,1-5H2. The predicted molar refractivity (Wildman–Crippen MR) is 53.3 cm³/mol. The molecule has 0 atom stereocenters. The van der Waals surface area contributed by atoms with Crippen LogP contribution in [-0.2, 0) is 12.8 Å². The Balaban J connectivity index is 2.56. The van der Waals surface area contributed by atoms with Gasteiger partial charge in [-0.1, -0.05) is 6.42 Å². The quantitative estimate of drug-likeness (QED) is 0.231. The third-order valence-corrected chi connectivity index (χ3v) is 2.83. The number of fused-ring (bicyclic) bond motifs is 1. The molecule has 0 fully saturated rings. The Morgan fingerprint density at radius 3 is 2.73 bits per heavy atom. The van der Waals surface area contributed by atoms with E-state index in [0.717, 1.165) is 24.0 Å². The Morgan fingerprint density at radius 2 is 2.00 bits per heavy atom. The average molecular weight is 208 g/mol. The summed E-state index contributed by atoms with van der Waals surface area (Å²) in [7, 11) is 0. The lowest BCUT2D eigenvalue weighted by Gasteiger charge is -2.06. The van der Waals surface area contributed by atoms with Crippen molar-refractivity contribution in [1.29, 1.82) is 0 Å². The molecule has 0 saturated carbocycles. The molecule has 1 aliphatic carbocycles. The van der Waals surface area contributed by atoms with Crippen molar-refractivity contribution in [3.05, 3.63) is 38.8 Å². The first kappa shape index (κ1) is 9.89. The topological polar surface area (TPSA) is 70.1 Å². The molecule has 0 unspecified atom stereocenters. The molecule has 0 bridgehead atoms. The fourth-order valence-electron chi connectivity index (χ4n) is 2.09. The van der Waals surface area contributed by atoms with Gasteiger partial charge in [-0.3, -0.25) is 10.1 Å². The highest BCUT2D eigenvalue weighted by atomic mass is 16.6. The van der Waals surface area contributed by atoms with Crippen molar-refractivity contribution in [3.63, 3.8) is 0 Å². The minimum Gasteiger partial charge on any atom is -0.618 e. The van der Waals surface area contributed by atoms with Crippen LogP contribution in [0.25, 0.3) is 0 Å². The van der Waals surface area contributed by atoms with Gasteiger partial charge in [-0.25, -0.2) is 0 Å². The van der Waals surface area contributed by atoms with Gasteiger partial charge in [-0.05, 0) is 19.3 Å². The molecular weight excluding hydrogens is 196 g/mol. The molecule has 0 radical (unpaired) electrons. The smallest absolute Gasteiger partial charge is 0.284 e. The third kappa shape index (κ3) is 1.77. The molecule has 0 aliphatic heterocycles. The minimum absolute atomic E-state index is 0.0963. The Hall–Kier alpha value is -1.65. The van der Waals surface area contributed by atoms with Crippen molar-refractivity contribution in [1.82, 2.24) is 0 Å². The van der Waals surface area contributed by atoms with E-state index in [1.165, 1.54) is 12.3 Å². The van der Waals surface area contributed by atoms with E-state index in [-0.39, 0.29) is 5.69 Å². The zero-order valence-electron chi connectivity index (χ0n) is 8.31. The van der Waals surface area contributed by atoms with Gasteiger partial charge >= 0.3 is 0 Å². The van der Waals surface area contributed by atoms with Crippen molar-refractivity contribution in [2.75, 3.05) is 0 Å². The van der Waals surface area contributed by atoms with Crippen LogP contribution in [0.5, 0.6) is 0 Å². The summed E-state index contributed by atoms with van der Waals surface area (Å²) in [4.78, 5) is 10.4. The summed E-state index contributed by atoms with van der Waals surface area (Å²) in [5.74, 6) is 0. The van der Waals surface area contributed by atoms with E-state index >= 15 is 0 Å². The largest absolute Gasteiger partial charge is 0.618 e. The average Bonchev–Trinajstić information content (AvgIpc) is 2.43. The maximum absolute atomic E-state index is 11.5. The highest BCUT2D eigenvalue weighted by Gasteiger charge is 2.25. The van der Waals surface area contributed by atoms with Crippen LogP contribution in [0.15, 0.2) is 12.3 Å². The van der Waals surface area contributed by atoms with Gasteiger partial charge in [-0.15, -0.1) is 0 Å². The zero-order chi connectivity index (χ0) is 10.8. The summed E-state index contributed by atoms with van der Waals surface area (Å²) in [5.41, 5.74) is 1.32. The first-order valence-electron chi connectivity index (χ1n) is 5.08. The zero-order valence-corrected chi connectivity index (χ0v) is 8.31. The van der Waals surface area contributed by atoms with E-state index in [9.17, 15) is 15.3 Å². The van der Waals surface area contributed by atoms with Gasteiger partial charge < -0.3 is 5.21 Å². The van der Waals surface area contributed by atoms with Crippen LogP contribution >= 0.6 is 0 Å². The molecule has 15 heavy (non-hydrogen) atoms. The van der Waals surface area contributed by atoms with Crippen molar-refractivity contribution in [2.24, 2.45) is 0 Å². The number of rotatable bonds is 1. The number of nitro groups is 1. The first-order valence-corrected chi connectivity index (χ1v) is 5.08. The molecule has 0 N–H and O–H groups in total. The normalized spacial score (nSPS) is 15.5. The van der Waals surface area contributed by atoms with Gasteiger partial charge in [0.15, 0.2) is 6.20 Å². The van der Waals surface area contributed by atoms with Gasteiger partial charge in [0.2, 0.25) is 5.69 Å². The SMILES string of the molecule is O=[N+]([O-])c1cc[n+]([O-])c2c1CCCCC2. The lowest BCUT2D eigenvalue weighted by atomic mass is 10.1. The van der Waals surface area contributed by atoms with Gasteiger partial charge in [0.05, 0.1) is 16.6 Å². The number of aromatic nitrogens is 1. The summed E-state index contributed by atoms with van der Waals surface area (Å²) in [6.07, 6.45) is 5.44. The molecule has 0 spiro atoms. The van der Waals surface area contributed by atoms with Crippen LogP contribution in [0, 0.1) is 15.3 Å². The molecule has 1 aliphatic rings. The number of hydrogen-bond donors (Lipinski definition) is 0. The lowest BCUT2D eigenvalue weighted by molar-refractivity contribution is -0.615. The second kappa shape index (κ2) is 3.84. The second-order valence-corrected chi connectivity index (χ2v) is 3.77. The fourth-order valence-corrected chi connectivity index (χ4v) is 2.09.